The number of furan rings is 1. The number of nitrogens with zero attached hydrogens (tertiary/aromatic N) is 1. The predicted molar refractivity (Wildman–Crippen MR) is 89.6 cm³/mol. The Bertz CT molecular complexity index is 675. The molecule has 0 saturated carbocycles. The van der Waals surface area contributed by atoms with E-state index in [1.54, 1.807) is 0 Å². The molecule has 0 unspecified atom stereocenters. The van der Waals surface area contributed by atoms with Gasteiger partial charge < -0.3 is 19.7 Å². The van der Waals surface area contributed by atoms with Gasteiger partial charge in [0.1, 0.15) is 5.58 Å². The highest BCUT2D eigenvalue weighted by atomic mass is 35.5. The minimum atomic E-state index is -1.00. The average molecular weight is 325 g/mol. The summed E-state index contributed by atoms with van der Waals surface area (Å²) in [6.07, 6.45) is 0. The van der Waals surface area contributed by atoms with Gasteiger partial charge in [0.05, 0.1) is 0 Å². The molecule has 2 heterocycles. The number of fused-ring (bicyclic) bond motifs is 1. The van der Waals surface area contributed by atoms with Gasteiger partial charge in [-0.15, -0.1) is 12.4 Å². The SMILES string of the molecule is CC(C)c1c(C(=O)O)oc2ccc(N3CCNCC3)cc12.Cl. The van der Waals surface area contributed by atoms with Crippen LogP contribution in [0.5, 0.6) is 0 Å². The average Bonchev–Trinajstić information content (AvgIpc) is 2.87. The van der Waals surface area contributed by atoms with Crippen LogP contribution in [0.2, 0.25) is 0 Å². The first-order valence-corrected chi connectivity index (χ1v) is 7.33. The van der Waals surface area contributed by atoms with Crippen molar-refractivity contribution < 1.29 is 14.3 Å². The number of carboxylic acids is 1. The summed E-state index contributed by atoms with van der Waals surface area (Å²) in [5.74, 6) is -0.827. The number of anilines is 1. The number of rotatable bonds is 3. The Morgan fingerprint density at radius 3 is 2.59 bits per heavy atom. The van der Waals surface area contributed by atoms with Crippen molar-refractivity contribution in [2.75, 3.05) is 31.1 Å². The Kier molecular flexibility index (Phi) is 4.98. The molecule has 5 nitrogen and oxygen atoms in total. The second kappa shape index (κ2) is 6.58. The lowest BCUT2D eigenvalue weighted by Gasteiger charge is -2.29. The third kappa shape index (κ3) is 2.91. The van der Waals surface area contributed by atoms with Crippen LogP contribution in [0.15, 0.2) is 22.6 Å². The van der Waals surface area contributed by atoms with Gasteiger partial charge in [-0.1, -0.05) is 13.8 Å². The molecule has 0 bridgehead atoms. The summed E-state index contributed by atoms with van der Waals surface area (Å²) in [6, 6.07) is 5.95. The van der Waals surface area contributed by atoms with E-state index in [2.05, 4.69) is 16.3 Å². The number of carboxylic acid groups (broad SMARTS) is 1. The van der Waals surface area contributed by atoms with Crippen molar-refractivity contribution in [3.05, 3.63) is 29.5 Å². The van der Waals surface area contributed by atoms with Gasteiger partial charge >= 0.3 is 5.97 Å². The number of piperazine rings is 1. The van der Waals surface area contributed by atoms with Gasteiger partial charge in [-0.25, -0.2) is 4.79 Å². The van der Waals surface area contributed by atoms with Crippen molar-refractivity contribution in [3.8, 4) is 0 Å². The molecular formula is C16H21ClN2O3. The zero-order chi connectivity index (χ0) is 15.0. The maximum atomic E-state index is 11.4. The molecule has 0 radical (unpaired) electrons. The molecular weight excluding hydrogens is 304 g/mol. The van der Waals surface area contributed by atoms with Crippen molar-refractivity contribution in [2.24, 2.45) is 0 Å². The molecule has 1 aromatic heterocycles. The molecule has 22 heavy (non-hydrogen) atoms. The fourth-order valence-electron chi connectivity index (χ4n) is 2.96. The van der Waals surface area contributed by atoms with Gasteiger partial charge in [0.2, 0.25) is 5.76 Å². The highest BCUT2D eigenvalue weighted by Gasteiger charge is 2.23. The normalized spacial score (nSPS) is 15.1. The second-order valence-corrected chi connectivity index (χ2v) is 5.72. The Morgan fingerprint density at radius 2 is 2.00 bits per heavy atom. The van der Waals surface area contributed by atoms with Gasteiger partial charge in [0.25, 0.3) is 0 Å². The summed E-state index contributed by atoms with van der Waals surface area (Å²) in [5.41, 5.74) is 2.56. The van der Waals surface area contributed by atoms with Crippen LogP contribution in [-0.2, 0) is 0 Å². The van der Waals surface area contributed by atoms with Crippen molar-refractivity contribution in [3.63, 3.8) is 0 Å². The third-order valence-corrected chi connectivity index (χ3v) is 3.96. The van der Waals surface area contributed by atoms with E-state index in [-0.39, 0.29) is 24.1 Å². The third-order valence-electron chi connectivity index (χ3n) is 3.96. The Balaban J connectivity index is 0.00000176. The summed E-state index contributed by atoms with van der Waals surface area (Å²) in [6.45, 7) is 7.86. The van der Waals surface area contributed by atoms with Crippen LogP contribution >= 0.6 is 12.4 Å². The van der Waals surface area contributed by atoms with Crippen molar-refractivity contribution in [1.29, 1.82) is 0 Å². The van der Waals surface area contributed by atoms with E-state index in [0.29, 0.717) is 5.58 Å². The first-order valence-electron chi connectivity index (χ1n) is 7.33. The van der Waals surface area contributed by atoms with Gasteiger partial charge in [0.15, 0.2) is 0 Å². The molecule has 2 N–H and O–H groups in total. The van der Waals surface area contributed by atoms with Gasteiger partial charge in [0, 0.05) is 42.8 Å². The van der Waals surface area contributed by atoms with Crippen LogP contribution < -0.4 is 10.2 Å². The van der Waals surface area contributed by atoms with E-state index >= 15 is 0 Å². The van der Waals surface area contributed by atoms with Gasteiger partial charge in [-0.05, 0) is 24.1 Å². The highest BCUT2D eigenvalue weighted by Crippen LogP contribution is 2.34. The summed E-state index contributed by atoms with van der Waals surface area (Å²) in [7, 11) is 0. The Hall–Kier alpha value is -1.72. The molecule has 1 aromatic carbocycles. The zero-order valence-electron chi connectivity index (χ0n) is 12.8. The minimum Gasteiger partial charge on any atom is -0.475 e. The van der Waals surface area contributed by atoms with E-state index in [1.165, 1.54) is 0 Å². The summed E-state index contributed by atoms with van der Waals surface area (Å²) >= 11 is 0. The summed E-state index contributed by atoms with van der Waals surface area (Å²) in [4.78, 5) is 13.7. The lowest BCUT2D eigenvalue weighted by Crippen LogP contribution is -2.43. The molecule has 120 valence electrons. The standard InChI is InChI=1S/C16H20N2O3.ClH/c1-10(2)14-12-9-11(18-7-5-17-6-8-18)3-4-13(12)21-15(14)16(19)20;/h3-4,9-10,17H,5-8H2,1-2H3,(H,19,20);1H. The maximum Gasteiger partial charge on any atom is 0.372 e. The largest absolute Gasteiger partial charge is 0.475 e. The van der Waals surface area contributed by atoms with Crippen molar-refractivity contribution in [2.45, 2.75) is 19.8 Å². The lowest BCUT2D eigenvalue weighted by molar-refractivity contribution is 0.0663. The molecule has 0 atom stereocenters. The first kappa shape index (κ1) is 16.6. The van der Waals surface area contributed by atoms with Gasteiger partial charge in [-0.3, -0.25) is 0 Å². The van der Waals surface area contributed by atoms with Crippen LogP contribution in [0, 0.1) is 0 Å². The quantitative estimate of drug-likeness (QED) is 0.908. The molecule has 0 aliphatic carbocycles. The molecule has 0 spiro atoms. The molecule has 3 rings (SSSR count). The summed E-state index contributed by atoms with van der Waals surface area (Å²) < 4.78 is 5.53. The highest BCUT2D eigenvalue weighted by molar-refractivity contribution is 5.96. The Morgan fingerprint density at radius 1 is 1.32 bits per heavy atom. The number of nitrogens with one attached hydrogen (secondary N) is 1. The monoisotopic (exact) mass is 324 g/mol. The molecule has 1 aliphatic rings. The van der Waals surface area contributed by atoms with E-state index in [9.17, 15) is 9.90 Å². The van der Waals surface area contributed by atoms with Crippen LogP contribution in [0.4, 0.5) is 5.69 Å². The number of benzene rings is 1. The van der Waals surface area contributed by atoms with Crippen LogP contribution in [0.1, 0.15) is 35.9 Å². The van der Waals surface area contributed by atoms with Gasteiger partial charge in [-0.2, -0.15) is 0 Å². The lowest BCUT2D eigenvalue weighted by atomic mass is 9.99. The van der Waals surface area contributed by atoms with Crippen LogP contribution in [-0.4, -0.2) is 37.3 Å². The molecule has 2 aromatic rings. The smallest absolute Gasteiger partial charge is 0.372 e. The molecule has 1 saturated heterocycles. The molecule has 6 heteroatoms. The van der Waals surface area contributed by atoms with E-state index in [1.807, 2.05) is 26.0 Å². The van der Waals surface area contributed by atoms with Crippen molar-refractivity contribution in [1.82, 2.24) is 5.32 Å². The fraction of sp³-hybridized carbons (Fsp3) is 0.438. The Labute approximate surface area is 135 Å². The number of hydrogen-bond acceptors (Lipinski definition) is 4. The molecule has 0 amide bonds. The van der Waals surface area contributed by atoms with E-state index < -0.39 is 5.97 Å². The van der Waals surface area contributed by atoms with Crippen molar-refractivity contribution >= 4 is 35.0 Å². The topological polar surface area (TPSA) is 65.7 Å². The first-order chi connectivity index (χ1) is 10.1. The maximum absolute atomic E-state index is 11.4. The number of carbonyl (C=O) groups is 1. The predicted octanol–water partition coefficient (Wildman–Crippen LogP) is 3.09. The second-order valence-electron chi connectivity index (χ2n) is 5.72. The number of hydrogen-bond donors (Lipinski definition) is 2. The van der Waals surface area contributed by atoms with E-state index in [0.717, 1.165) is 42.8 Å². The minimum absolute atomic E-state index is 0. The number of halogens is 1. The van der Waals surface area contributed by atoms with E-state index in [4.69, 9.17) is 4.42 Å². The number of aromatic carboxylic acids is 1. The van der Waals surface area contributed by atoms with Crippen LogP contribution in [0.3, 0.4) is 0 Å². The zero-order valence-corrected chi connectivity index (χ0v) is 13.6. The van der Waals surface area contributed by atoms with Crippen LogP contribution in [0.25, 0.3) is 11.0 Å². The summed E-state index contributed by atoms with van der Waals surface area (Å²) in [5, 5.41) is 13.6. The molecule has 1 aliphatic heterocycles. The molecule has 1 fully saturated rings. The fourth-order valence-corrected chi connectivity index (χ4v) is 2.96.